The Morgan fingerprint density at radius 3 is 2.93 bits per heavy atom. The smallest absolute Gasteiger partial charge is 0.287 e. The van der Waals surface area contributed by atoms with Crippen LogP contribution in [0.4, 0.5) is 11.5 Å². The highest BCUT2D eigenvalue weighted by Crippen LogP contribution is 2.11. The third-order valence-corrected chi connectivity index (χ3v) is 2.18. The molecule has 1 N–H and O–H groups in total. The first-order valence-corrected chi connectivity index (χ1v) is 5.46. The molecule has 1 heterocycles. The molecule has 0 aliphatic rings. The molecular formula is C8H11N3O2S. The summed E-state index contributed by atoms with van der Waals surface area (Å²) in [5.74, 6) is 1.66. The fourth-order valence-electron chi connectivity index (χ4n) is 0.880. The maximum absolute atomic E-state index is 10.3. The van der Waals surface area contributed by atoms with Gasteiger partial charge in [0.15, 0.2) is 0 Å². The summed E-state index contributed by atoms with van der Waals surface area (Å²) in [6.07, 6.45) is 3.27. The molecule has 0 fully saturated rings. The fraction of sp³-hybridized carbons (Fsp3) is 0.375. The maximum Gasteiger partial charge on any atom is 0.287 e. The Morgan fingerprint density at radius 2 is 2.43 bits per heavy atom. The predicted octanol–water partition coefficient (Wildman–Crippen LogP) is 1.76. The number of nitro groups is 1. The van der Waals surface area contributed by atoms with Crippen molar-refractivity contribution in [2.45, 2.75) is 0 Å². The average Bonchev–Trinajstić information content (AvgIpc) is 2.19. The van der Waals surface area contributed by atoms with Gasteiger partial charge in [0, 0.05) is 18.4 Å². The van der Waals surface area contributed by atoms with E-state index in [4.69, 9.17) is 0 Å². The average molecular weight is 213 g/mol. The van der Waals surface area contributed by atoms with Gasteiger partial charge in [-0.2, -0.15) is 11.8 Å². The lowest BCUT2D eigenvalue weighted by Crippen LogP contribution is -2.05. The van der Waals surface area contributed by atoms with Gasteiger partial charge in [0.1, 0.15) is 12.0 Å². The van der Waals surface area contributed by atoms with Gasteiger partial charge >= 0.3 is 0 Å². The Morgan fingerprint density at radius 1 is 1.64 bits per heavy atom. The minimum atomic E-state index is -0.460. The Balaban J connectivity index is 2.51. The minimum Gasteiger partial charge on any atom is -0.369 e. The zero-order valence-corrected chi connectivity index (χ0v) is 8.58. The van der Waals surface area contributed by atoms with Gasteiger partial charge in [-0.25, -0.2) is 4.98 Å². The van der Waals surface area contributed by atoms with Gasteiger partial charge in [-0.15, -0.1) is 0 Å². The third kappa shape index (κ3) is 3.21. The molecule has 1 aromatic rings. The van der Waals surface area contributed by atoms with E-state index in [1.165, 1.54) is 12.3 Å². The summed E-state index contributed by atoms with van der Waals surface area (Å²) < 4.78 is 0. The summed E-state index contributed by atoms with van der Waals surface area (Å²) >= 11 is 1.73. The molecule has 0 aliphatic carbocycles. The Kier molecular flexibility index (Phi) is 4.18. The van der Waals surface area contributed by atoms with Gasteiger partial charge in [0.05, 0.1) is 4.92 Å². The molecule has 0 aromatic carbocycles. The largest absolute Gasteiger partial charge is 0.369 e. The highest BCUT2D eigenvalue weighted by atomic mass is 32.2. The van der Waals surface area contributed by atoms with Crippen molar-refractivity contribution in [2.24, 2.45) is 0 Å². The van der Waals surface area contributed by atoms with Gasteiger partial charge in [-0.3, -0.25) is 10.1 Å². The lowest BCUT2D eigenvalue weighted by molar-refractivity contribution is -0.385. The maximum atomic E-state index is 10.3. The number of thioether (sulfide) groups is 1. The van der Waals surface area contributed by atoms with E-state index in [0.717, 1.165) is 12.3 Å². The first-order chi connectivity index (χ1) is 6.74. The molecule has 0 unspecified atom stereocenters. The van der Waals surface area contributed by atoms with Gasteiger partial charge in [-0.1, -0.05) is 0 Å². The van der Waals surface area contributed by atoms with Crippen LogP contribution in [0.2, 0.25) is 0 Å². The van der Waals surface area contributed by atoms with Crippen LogP contribution in [0.5, 0.6) is 0 Å². The molecular weight excluding hydrogens is 202 g/mol. The quantitative estimate of drug-likeness (QED) is 0.458. The van der Waals surface area contributed by atoms with E-state index in [0.29, 0.717) is 5.82 Å². The number of pyridine rings is 1. The number of hydrogen-bond donors (Lipinski definition) is 1. The van der Waals surface area contributed by atoms with Crippen LogP contribution < -0.4 is 5.32 Å². The van der Waals surface area contributed by atoms with Crippen molar-refractivity contribution in [1.29, 1.82) is 0 Å². The van der Waals surface area contributed by atoms with Crippen molar-refractivity contribution >= 4 is 23.3 Å². The normalized spacial score (nSPS) is 9.79. The van der Waals surface area contributed by atoms with Crippen LogP contribution in [0.15, 0.2) is 18.3 Å². The van der Waals surface area contributed by atoms with E-state index in [2.05, 4.69) is 10.3 Å². The number of nitrogens with zero attached hydrogens (tertiary/aromatic N) is 2. The molecule has 5 nitrogen and oxygen atoms in total. The van der Waals surface area contributed by atoms with Crippen molar-refractivity contribution in [1.82, 2.24) is 4.98 Å². The van der Waals surface area contributed by atoms with E-state index in [1.807, 2.05) is 6.26 Å². The topological polar surface area (TPSA) is 68.1 Å². The van der Waals surface area contributed by atoms with E-state index < -0.39 is 4.92 Å². The van der Waals surface area contributed by atoms with Crippen molar-refractivity contribution in [3.05, 3.63) is 28.4 Å². The molecule has 0 amide bonds. The SMILES string of the molecule is CSCCNc1ccc([N+](=O)[O-])cn1. The summed E-state index contributed by atoms with van der Waals surface area (Å²) in [5, 5.41) is 13.4. The third-order valence-electron chi connectivity index (χ3n) is 1.57. The van der Waals surface area contributed by atoms with E-state index in [9.17, 15) is 10.1 Å². The molecule has 0 bridgehead atoms. The van der Waals surface area contributed by atoms with Crippen molar-refractivity contribution in [2.75, 3.05) is 23.9 Å². The highest BCUT2D eigenvalue weighted by Gasteiger charge is 2.04. The van der Waals surface area contributed by atoms with Crippen LogP contribution >= 0.6 is 11.8 Å². The second-order valence-electron chi connectivity index (χ2n) is 2.58. The van der Waals surface area contributed by atoms with Gasteiger partial charge in [-0.05, 0) is 12.3 Å². The molecule has 1 aromatic heterocycles. The number of hydrogen-bond acceptors (Lipinski definition) is 5. The van der Waals surface area contributed by atoms with Crippen LogP contribution in [0, 0.1) is 10.1 Å². The number of rotatable bonds is 5. The van der Waals surface area contributed by atoms with Gasteiger partial charge in [0.2, 0.25) is 0 Å². The minimum absolute atomic E-state index is 0.0143. The van der Waals surface area contributed by atoms with Crippen molar-refractivity contribution < 1.29 is 4.92 Å². The Bertz CT molecular complexity index is 302. The lowest BCUT2D eigenvalue weighted by Gasteiger charge is -2.02. The van der Waals surface area contributed by atoms with Crippen LogP contribution in [0.25, 0.3) is 0 Å². The van der Waals surface area contributed by atoms with E-state index in [1.54, 1.807) is 17.8 Å². The highest BCUT2D eigenvalue weighted by molar-refractivity contribution is 7.98. The molecule has 0 atom stereocenters. The zero-order valence-electron chi connectivity index (χ0n) is 7.77. The number of nitrogens with one attached hydrogen (secondary N) is 1. The van der Waals surface area contributed by atoms with Gasteiger partial charge in [0.25, 0.3) is 5.69 Å². The first kappa shape index (κ1) is 10.8. The lowest BCUT2D eigenvalue weighted by atomic mass is 10.4. The standard InChI is InChI=1S/C8H11N3O2S/c1-14-5-4-9-8-3-2-7(6-10-8)11(12)13/h2-3,6H,4-5H2,1H3,(H,9,10). The molecule has 0 spiro atoms. The summed E-state index contributed by atoms with van der Waals surface area (Å²) in [4.78, 5) is 13.8. The monoisotopic (exact) mass is 213 g/mol. The Hall–Kier alpha value is -1.30. The molecule has 1 rings (SSSR count). The summed E-state index contributed by atoms with van der Waals surface area (Å²) in [6, 6.07) is 3.05. The number of aromatic nitrogens is 1. The van der Waals surface area contributed by atoms with Crippen LogP contribution in [0.3, 0.4) is 0 Å². The Labute approximate surface area is 86.1 Å². The van der Waals surface area contributed by atoms with Crippen molar-refractivity contribution in [3.8, 4) is 0 Å². The number of anilines is 1. The molecule has 14 heavy (non-hydrogen) atoms. The second-order valence-corrected chi connectivity index (χ2v) is 3.56. The van der Waals surface area contributed by atoms with Crippen LogP contribution in [-0.2, 0) is 0 Å². The van der Waals surface area contributed by atoms with Crippen LogP contribution in [-0.4, -0.2) is 28.5 Å². The summed E-state index contributed by atoms with van der Waals surface area (Å²) in [5.41, 5.74) is 0.0143. The molecule has 6 heteroatoms. The zero-order chi connectivity index (χ0) is 10.4. The molecule has 0 aliphatic heterocycles. The van der Waals surface area contributed by atoms with Crippen molar-refractivity contribution in [3.63, 3.8) is 0 Å². The summed E-state index contributed by atoms with van der Waals surface area (Å²) in [7, 11) is 0. The first-order valence-electron chi connectivity index (χ1n) is 4.07. The molecule has 0 saturated heterocycles. The molecule has 0 radical (unpaired) electrons. The van der Waals surface area contributed by atoms with Crippen LogP contribution in [0.1, 0.15) is 0 Å². The van der Waals surface area contributed by atoms with Gasteiger partial charge < -0.3 is 5.32 Å². The predicted molar refractivity (Wildman–Crippen MR) is 57.8 cm³/mol. The molecule has 0 saturated carbocycles. The fourth-order valence-corrected chi connectivity index (χ4v) is 1.19. The second kappa shape index (κ2) is 5.43. The molecule has 76 valence electrons. The van der Waals surface area contributed by atoms with E-state index in [-0.39, 0.29) is 5.69 Å². The van der Waals surface area contributed by atoms with E-state index >= 15 is 0 Å². The summed E-state index contributed by atoms with van der Waals surface area (Å²) in [6.45, 7) is 0.811.